The molecule has 0 unspecified atom stereocenters. The fourth-order valence-electron chi connectivity index (χ4n) is 0.776. The van der Waals surface area contributed by atoms with E-state index >= 15 is 0 Å². The molecule has 0 spiro atoms. The first-order valence-electron chi connectivity index (χ1n) is 3.68. The van der Waals surface area contributed by atoms with Crippen molar-refractivity contribution in [3.63, 3.8) is 0 Å². The molecule has 3 N–H and O–H groups in total. The summed E-state index contributed by atoms with van der Waals surface area (Å²) in [6.45, 7) is 2.06. The highest BCUT2D eigenvalue weighted by Gasteiger charge is 1.87. The van der Waals surface area contributed by atoms with Crippen LogP contribution in [0, 0.1) is 0 Å². The molecule has 2 nitrogen and oxygen atoms in total. The van der Waals surface area contributed by atoms with Crippen molar-refractivity contribution in [3.05, 3.63) is 29.8 Å². The van der Waals surface area contributed by atoms with Crippen LogP contribution in [0.3, 0.4) is 0 Å². The maximum absolute atomic E-state index is 8.94. The molecule has 0 aromatic heterocycles. The maximum atomic E-state index is 8.94. The molecule has 62 valence electrons. The third-order valence-corrected chi connectivity index (χ3v) is 1.32. The van der Waals surface area contributed by atoms with Gasteiger partial charge in [-0.3, -0.25) is 0 Å². The van der Waals surface area contributed by atoms with Crippen LogP contribution in [0.1, 0.15) is 12.5 Å². The van der Waals surface area contributed by atoms with E-state index < -0.39 is 0 Å². The van der Waals surface area contributed by atoms with Gasteiger partial charge >= 0.3 is 0 Å². The predicted octanol–water partition coefficient (Wildman–Crippen LogP) is 1.53. The zero-order valence-corrected chi connectivity index (χ0v) is 7.04. The van der Waals surface area contributed by atoms with Crippen molar-refractivity contribution >= 4 is 0 Å². The van der Waals surface area contributed by atoms with E-state index in [1.807, 2.05) is 12.1 Å². The number of phenolic OH excluding ortho intramolecular Hbond substituents is 1. The SMILES string of the molecule is CCc1cccc(O)c1.CN. The van der Waals surface area contributed by atoms with Gasteiger partial charge in [-0.05, 0) is 31.2 Å². The number of aryl methyl sites for hydroxylation is 1. The maximum Gasteiger partial charge on any atom is 0.115 e. The summed E-state index contributed by atoms with van der Waals surface area (Å²) in [6, 6.07) is 7.31. The van der Waals surface area contributed by atoms with Crippen molar-refractivity contribution in [2.75, 3.05) is 7.05 Å². The second-order valence-corrected chi connectivity index (χ2v) is 2.02. The van der Waals surface area contributed by atoms with Crippen molar-refractivity contribution in [2.24, 2.45) is 5.73 Å². The molecule has 0 aliphatic carbocycles. The second-order valence-electron chi connectivity index (χ2n) is 2.02. The molecule has 0 aliphatic rings. The number of aromatic hydroxyl groups is 1. The van der Waals surface area contributed by atoms with Crippen LogP contribution in [-0.2, 0) is 6.42 Å². The first-order chi connectivity index (χ1) is 5.33. The van der Waals surface area contributed by atoms with Crippen molar-refractivity contribution in [1.29, 1.82) is 0 Å². The molecule has 0 atom stereocenters. The number of hydrogen-bond donors (Lipinski definition) is 2. The van der Waals surface area contributed by atoms with Crippen LogP contribution in [0.5, 0.6) is 5.75 Å². The summed E-state index contributed by atoms with van der Waals surface area (Å²) in [7, 11) is 1.50. The minimum atomic E-state index is 0.356. The Bertz CT molecular complexity index is 199. The molecule has 0 saturated carbocycles. The van der Waals surface area contributed by atoms with E-state index in [4.69, 9.17) is 5.11 Å². The number of nitrogens with two attached hydrogens (primary N) is 1. The van der Waals surface area contributed by atoms with Gasteiger partial charge in [-0.15, -0.1) is 0 Å². The Morgan fingerprint density at radius 2 is 2.00 bits per heavy atom. The van der Waals surface area contributed by atoms with Gasteiger partial charge in [0.05, 0.1) is 0 Å². The van der Waals surface area contributed by atoms with Gasteiger partial charge in [0.25, 0.3) is 0 Å². The lowest BCUT2D eigenvalue weighted by atomic mass is 10.2. The zero-order valence-electron chi connectivity index (χ0n) is 7.04. The third kappa shape index (κ3) is 3.63. The predicted molar refractivity (Wildman–Crippen MR) is 47.6 cm³/mol. The van der Waals surface area contributed by atoms with Crippen LogP contribution in [0.25, 0.3) is 0 Å². The third-order valence-electron chi connectivity index (χ3n) is 1.32. The van der Waals surface area contributed by atoms with Gasteiger partial charge in [-0.1, -0.05) is 19.1 Å². The molecule has 0 fully saturated rings. The normalized spacial score (nSPS) is 8.27. The van der Waals surface area contributed by atoms with Crippen LogP contribution < -0.4 is 5.73 Å². The topological polar surface area (TPSA) is 46.2 Å². The first kappa shape index (κ1) is 9.98. The van der Waals surface area contributed by atoms with Crippen molar-refractivity contribution in [3.8, 4) is 5.75 Å². The summed E-state index contributed by atoms with van der Waals surface area (Å²) in [6.07, 6.45) is 0.981. The van der Waals surface area contributed by atoms with E-state index in [9.17, 15) is 0 Å². The molecule has 0 bridgehead atoms. The molecule has 1 aromatic rings. The summed E-state index contributed by atoms with van der Waals surface area (Å²) >= 11 is 0. The summed E-state index contributed by atoms with van der Waals surface area (Å²) < 4.78 is 0. The minimum Gasteiger partial charge on any atom is -0.508 e. The summed E-state index contributed by atoms with van der Waals surface area (Å²) in [5, 5.41) is 8.94. The van der Waals surface area contributed by atoms with Gasteiger partial charge in [0.15, 0.2) is 0 Å². The lowest BCUT2D eigenvalue weighted by Gasteiger charge is -1.94. The van der Waals surface area contributed by atoms with Gasteiger partial charge in [0.2, 0.25) is 0 Å². The summed E-state index contributed by atoms with van der Waals surface area (Å²) in [5.74, 6) is 0.356. The van der Waals surface area contributed by atoms with E-state index in [1.165, 1.54) is 12.6 Å². The van der Waals surface area contributed by atoms with Crippen molar-refractivity contribution in [2.45, 2.75) is 13.3 Å². The zero-order chi connectivity index (χ0) is 8.69. The van der Waals surface area contributed by atoms with Crippen LogP contribution in [0.2, 0.25) is 0 Å². The van der Waals surface area contributed by atoms with Crippen LogP contribution in [0.15, 0.2) is 24.3 Å². The Labute approximate surface area is 67.7 Å². The molecule has 11 heavy (non-hydrogen) atoms. The Hall–Kier alpha value is -1.02. The number of hydrogen-bond acceptors (Lipinski definition) is 2. The van der Waals surface area contributed by atoms with Crippen LogP contribution in [-0.4, -0.2) is 12.2 Å². The lowest BCUT2D eigenvalue weighted by Crippen LogP contribution is -1.75. The Morgan fingerprint density at radius 1 is 1.36 bits per heavy atom. The minimum absolute atomic E-state index is 0.356. The average molecular weight is 153 g/mol. The lowest BCUT2D eigenvalue weighted by molar-refractivity contribution is 0.474. The number of phenols is 1. The number of benzene rings is 1. The standard InChI is InChI=1S/C8H10O.CH5N/c1-2-7-4-3-5-8(9)6-7;1-2/h3-6,9H,2H2,1H3;2H2,1H3. The van der Waals surface area contributed by atoms with Gasteiger partial charge in [-0.2, -0.15) is 0 Å². The second kappa shape index (κ2) is 5.74. The largest absolute Gasteiger partial charge is 0.508 e. The molecule has 0 saturated heterocycles. The molecular formula is C9H15NO. The number of rotatable bonds is 1. The quantitative estimate of drug-likeness (QED) is 0.642. The van der Waals surface area contributed by atoms with Crippen LogP contribution in [0.4, 0.5) is 0 Å². The van der Waals surface area contributed by atoms with Gasteiger partial charge < -0.3 is 10.8 Å². The highest BCUT2D eigenvalue weighted by molar-refractivity contribution is 5.26. The molecule has 1 rings (SSSR count). The highest BCUT2D eigenvalue weighted by Crippen LogP contribution is 2.10. The molecule has 0 heterocycles. The van der Waals surface area contributed by atoms with Crippen molar-refractivity contribution in [1.82, 2.24) is 0 Å². The van der Waals surface area contributed by atoms with E-state index in [1.54, 1.807) is 12.1 Å². The van der Waals surface area contributed by atoms with E-state index in [-0.39, 0.29) is 0 Å². The average Bonchev–Trinajstić information content (AvgIpc) is 2.08. The van der Waals surface area contributed by atoms with Gasteiger partial charge in [0, 0.05) is 0 Å². The van der Waals surface area contributed by atoms with Crippen molar-refractivity contribution < 1.29 is 5.11 Å². The van der Waals surface area contributed by atoms with Gasteiger partial charge in [0.1, 0.15) is 5.75 Å². The highest BCUT2D eigenvalue weighted by atomic mass is 16.3. The summed E-state index contributed by atoms with van der Waals surface area (Å²) in [4.78, 5) is 0. The smallest absolute Gasteiger partial charge is 0.115 e. The molecule has 0 aliphatic heterocycles. The Kier molecular flexibility index (Phi) is 5.21. The molecule has 0 radical (unpaired) electrons. The van der Waals surface area contributed by atoms with E-state index in [0.29, 0.717) is 5.75 Å². The van der Waals surface area contributed by atoms with E-state index in [2.05, 4.69) is 12.7 Å². The summed E-state index contributed by atoms with van der Waals surface area (Å²) in [5.41, 5.74) is 5.68. The molecule has 2 heteroatoms. The Morgan fingerprint density at radius 3 is 2.36 bits per heavy atom. The fraction of sp³-hybridized carbons (Fsp3) is 0.333. The fourth-order valence-corrected chi connectivity index (χ4v) is 0.776. The Balaban J connectivity index is 0.000000461. The van der Waals surface area contributed by atoms with Crippen LogP contribution >= 0.6 is 0 Å². The molecule has 1 aromatic carbocycles. The molecular weight excluding hydrogens is 138 g/mol. The first-order valence-corrected chi connectivity index (χ1v) is 3.68. The monoisotopic (exact) mass is 153 g/mol. The van der Waals surface area contributed by atoms with E-state index in [0.717, 1.165) is 6.42 Å². The van der Waals surface area contributed by atoms with Gasteiger partial charge in [-0.25, -0.2) is 0 Å². The molecule has 0 amide bonds.